The van der Waals surface area contributed by atoms with Gasteiger partial charge in [-0.1, -0.05) is 43.9 Å². The van der Waals surface area contributed by atoms with Crippen LogP contribution in [0.25, 0.3) is 4.85 Å². The highest BCUT2D eigenvalue weighted by Crippen LogP contribution is 2.18. The van der Waals surface area contributed by atoms with E-state index in [-0.39, 0.29) is 0 Å². The van der Waals surface area contributed by atoms with E-state index in [0.29, 0.717) is 5.69 Å². The van der Waals surface area contributed by atoms with Crippen LogP contribution in [0.1, 0.15) is 44.9 Å². The first-order chi connectivity index (χ1) is 9.36. The fourth-order valence-corrected chi connectivity index (χ4v) is 1.90. The molecule has 0 aliphatic heterocycles. The molecule has 0 amide bonds. The highest BCUT2D eigenvalue weighted by Gasteiger charge is 1.95. The minimum atomic E-state index is 0.659. The smallest absolute Gasteiger partial charge is 0.187 e. The third-order valence-electron chi connectivity index (χ3n) is 3.04. The summed E-state index contributed by atoms with van der Waals surface area (Å²) >= 11 is 0. The highest BCUT2D eigenvalue weighted by atomic mass is 16.5. The Morgan fingerprint density at radius 3 is 2.26 bits per heavy atom. The maximum Gasteiger partial charge on any atom is 0.187 e. The van der Waals surface area contributed by atoms with E-state index in [4.69, 9.17) is 11.3 Å². The number of nitrogens with zero attached hydrogens (tertiary/aromatic N) is 1. The van der Waals surface area contributed by atoms with Crippen molar-refractivity contribution in [1.29, 1.82) is 0 Å². The molecule has 0 fully saturated rings. The number of unbranched alkanes of at least 4 members (excludes halogenated alkanes) is 6. The number of hydrogen-bond acceptors (Lipinski definition) is 1. The van der Waals surface area contributed by atoms with E-state index in [1.807, 2.05) is 18.2 Å². The molecule has 0 radical (unpaired) electrons. The van der Waals surface area contributed by atoms with Crippen molar-refractivity contribution in [2.75, 3.05) is 6.61 Å². The SMILES string of the molecule is [C-]#[N+]c1ccc(OCCCCCCCCC=C)cc1. The molecule has 1 aromatic rings. The van der Waals surface area contributed by atoms with Crippen LogP contribution >= 0.6 is 0 Å². The number of allylic oxidation sites excluding steroid dienone is 1. The Morgan fingerprint density at radius 2 is 1.63 bits per heavy atom. The molecule has 0 saturated carbocycles. The predicted octanol–water partition coefficient (Wildman–Crippen LogP) is 5.53. The molecule has 0 bridgehead atoms. The van der Waals surface area contributed by atoms with Gasteiger partial charge >= 0.3 is 0 Å². The molecule has 0 atom stereocenters. The summed E-state index contributed by atoms with van der Waals surface area (Å²) in [4.78, 5) is 3.35. The Morgan fingerprint density at radius 1 is 1.00 bits per heavy atom. The van der Waals surface area contributed by atoms with Gasteiger partial charge in [-0.15, -0.1) is 6.58 Å². The zero-order chi connectivity index (χ0) is 13.8. The Balaban J connectivity index is 1.98. The van der Waals surface area contributed by atoms with Crippen molar-refractivity contribution >= 4 is 5.69 Å². The van der Waals surface area contributed by atoms with Gasteiger partial charge < -0.3 is 4.74 Å². The molecular formula is C17H23NO. The average Bonchev–Trinajstić information content (AvgIpc) is 2.46. The van der Waals surface area contributed by atoms with Gasteiger partial charge in [0, 0.05) is 0 Å². The lowest BCUT2D eigenvalue weighted by Crippen LogP contribution is -1.96. The Hall–Kier alpha value is -1.75. The van der Waals surface area contributed by atoms with Gasteiger partial charge in [0.15, 0.2) is 5.69 Å². The predicted molar refractivity (Wildman–Crippen MR) is 80.7 cm³/mol. The largest absolute Gasteiger partial charge is 0.494 e. The standard InChI is InChI=1S/C17H23NO/c1-3-4-5-6-7-8-9-10-15-19-17-13-11-16(18-2)12-14-17/h3,11-14H,1,4-10,15H2. The maximum absolute atomic E-state index is 6.87. The monoisotopic (exact) mass is 257 g/mol. The molecule has 1 aromatic carbocycles. The molecule has 0 saturated heterocycles. The van der Waals surface area contributed by atoms with E-state index in [9.17, 15) is 0 Å². The van der Waals surface area contributed by atoms with E-state index >= 15 is 0 Å². The molecule has 2 nitrogen and oxygen atoms in total. The van der Waals surface area contributed by atoms with Crippen LogP contribution in [0.15, 0.2) is 36.9 Å². The van der Waals surface area contributed by atoms with Gasteiger partial charge in [-0.2, -0.15) is 0 Å². The molecular weight excluding hydrogens is 234 g/mol. The minimum absolute atomic E-state index is 0.659. The van der Waals surface area contributed by atoms with E-state index in [1.165, 1.54) is 32.1 Å². The summed E-state index contributed by atoms with van der Waals surface area (Å²) < 4.78 is 5.63. The second-order valence-electron chi connectivity index (χ2n) is 4.65. The Labute approximate surface area is 116 Å². The summed E-state index contributed by atoms with van der Waals surface area (Å²) in [6.45, 7) is 11.4. The zero-order valence-electron chi connectivity index (χ0n) is 11.6. The van der Waals surface area contributed by atoms with E-state index in [0.717, 1.165) is 25.2 Å². The third-order valence-corrected chi connectivity index (χ3v) is 3.04. The molecule has 1 rings (SSSR count). The quantitative estimate of drug-likeness (QED) is 0.305. The molecule has 0 N–H and O–H groups in total. The van der Waals surface area contributed by atoms with Gasteiger partial charge in [-0.05, 0) is 31.4 Å². The van der Waals surface area contributed by atoms with Crippen LogP contribution in [0, 0.1) is 6.57 Å². The lowest BCUT2D eigenvalue weighted by atomic mass is 10.1. The first kappa shape index (κ1) is 15.3. The number of benzene rings is 1. The molecule has 0 aliphatic carbocycles. The molecule has 0 unspecified atom stereocenters. The average molecular weight is 257 g/mol. The molecule has 19 heavy (non-hydrogen) atoms. The first-order valence-electron chi connectivity index (χ1n) is 7.08. The van der Waals surface area contributed by atoms with Gasteiger partial charge in [0.1, 0.15) is 5.75 Å². The van der Waals surface area contributed by atoms with E-state index < -0.39 is 0 Å². The normalized spacial score (nSPS) is 9.84. The number of rotatable bonds is 10. The van der Waals surface area contributed by atoms with Crippen molar-refractivity contribution in [2.24, 2.45) is 0 Å². The summed E-state index contributed by atoms with van der Waals surface area (Å²) in [5.41, 5.74) is 0.659. The Bertz CT molecular complexity index is 389. The van der Waals surface area contributed by atoms with Crippen molar-refractivity contribution < 1.29 is 4.74 Å². The van der Waals surface area contributed by atoms with Gasteiger partial charge in [0.05, 0.1) is 13.2 Å². The van der Waals surface area contributed by atoms with Crippen LogP contribution in [0.4, 0.5) is 5.69 Å². The van der Waals surface area contributed by atoms with Crippen molar-refractivity contribution in [3.05, 3.63) is 48.3 Å². The number of hydrogen-bond donors (Lipinski definition) is 0. The Kier molecular flexibility index (Phi) is 8.22. The summed E-state index contributed by atoms with van der Waals surface area (Å²) in [5.74, 6) is 0.860. The third kappa shape index (κ3) is 7.31. The van der Waals surface area contributed by atoms with Crippen molar-refractivity contribution in [2.45, 2.75) is 44.9 Å². The van der Waals surface area contributed by atoms with Crippen LogP contribution < -0.4 is 4.74 Å². The molecule has 102 valence electrons. The van der Waals surface area contributed by atoms with Crippen LogP contribution in [-0.4, -0.2) is 6.61 Å². The maximum atomic E-state index is 6.87. The van der Waals surface area contributed by atoms with Gasteiger partial charge in [-0.25, -0.2) is 4.85 Å². The highest BCUT2D eigenvalue weighted by molar-refractivity contribution is 5.46. The molecule has 0 heterocycles. The van der Waals surface area contributed by atoms with Gasteiger partial charge in [0.25, 0.3) is 0 Å². The summed E-state index contributed by atoms with van der Waals surface area (Å²) in [7, 11) is 0. The van der Waals surface area contributed by atoms with Crippen molar-refractivity contribution in [1.82, 2.24) is 0 Å². The molecule has 0 aliphatic rings. The fraction of sp³-hybridized carbons (Fsp3) is 0.471. The van der Waals surface area contributed by atoms with E-state index in [2.05, 4.69) is 11.4 Å². The fourth-order valence-electron chi connectivity index (χ4n) is 1.90. The number of ether oxygens (including phenoxy) is 1. The van der Waals surface area contributed by atoms with Crippen LogP contribution in [0.3, 0.4) is 0 Å². The van der Waals surface area contributed by atoms with Gasteiger partial charge in [0.2, 0.25) is 0 Å². The van der Waals surface area contributed by atoms with E-state index in [1.54, 1.807) is 12.1 Å². The first-order valence-corrected chi connectivity index (χ1v) is 7.08. The van der Waals surface area contributed by atoms with Gasteiger partial charge in [-0.3, -0.25) is 0 Å². The second kappa shape index (κ2) is 10.2. The van der Waals surface area contributed by atoms with Crippen LogP contribution in [0.2, 0.25) is 0 Å². The lowest BCUT2D eigenvalue weighted by Gasteiger charge is -2.06. The summed E-state index contributed by atoms with van der Waals surface area (Å²) in [5, 5.41) is 0. The molecule has 2 heteroatoms. The second-order valence-corrected chi connectivity index (χ2v) is 4.65. The van der Waals surface area contributed by atoms with Crippen LogP contribution in [0.5, 0.6) is 5.75 Å². The van der Waals surface area contributed by atoms with Crippen molar-refractivity contribution in [3.8, 4) is 5.75 Å². The minimum Gasteiger partial charge on any atom is -0.494 e. The molecule has 0 spiro atoms. The summed E-state index contributed by atoms with van der Waals surface area (Å²) in [6, 6.07) is 7.31. The van der Waals surface area contributed by atoms with Crippen LogP contribution in [-0.2, 0) is 0 Å². The molecule has 0 aromatic heterocycles. The van der Waals surface area contributed by atoms with Crippen molar-refractivity contribution in [3.63, 3.8) is 0 Å². The zero-order valence-corrected chi connectivity index (χ0v) is 11.6. The lowest BCUT2D eigenvalue weighted by molar-refractivity contribution is 0.304. The topological polar surface area (TPSA) is 13.6 Å². The summed E-state index contributed by atoms with van der Waals surface area (Å²) in [6.07, 6.45) is 10.7.